The number of anilines is 1. The molecule has 1 heterocycles. The molecule has 0 spiro atoms. The minimum atomic E-state index is -0.274. The van der Waals surface area contributed by atoms with E-state index in [4.69, 9.17) is 5.73 Å². The zero-order valence-electron chi connectivity index (χ0n) is 8.01. The molecule has 0 bridgehead atoms. The van der Waals surface area contributed by atoms with Crippen LogP contribution < -0.4 is 5.73 Å². The van der Waals surface area contributed by atoms with E-state index in [1.165, 1.54) is 6.07 Å². The van der Waals surface area contributed by atoms with Crippen molar-refractivity contribution < 1.29 is 4.39 Å². The Morgan fingerprint density at radius 2 is 2.13 bits per heavy atom. The normalized spacial score (nSPS) is 10.6. The van der Waals surface area contributed by atoms with E-state index in [9.17, 15) is 4.39 Å². The number of H-pyrrole nitrogens is 1. The Kier molecular flexibility index (Phi) is 2.48. The molecule has 0 aliphatic heterocycles. The maximum absolute atomic E-state index is 13.2. The first-order valence-corrected chi connectivity index (χ1v) is 5.14. The number of nitrogens with one attached hydrogen (secondary N) is 1. The molecule has 0 fully saturated rings. The van der Waals surface area contributed by atoms with E-state index >= 15 is 0 Å². The first-order chi connectivity index (χ1) is 7.08. The number of nitrogens with two attached hydrogens (primary N) is 1. The molecular weight excluding hydrogens is 261 g/mol. The van der Waals surface area contributed by atoms with Crippen LogP contribution in [0, 0.1) is 12.7 Å². The number of nitrogens with zero attached hydrogens (tertiary/aromatic N) is 1. The van der Waals surface area contributed by atoms with E-state index in [-0.39, 0.29) is 5.82 Å². The predicted octanol–water partition coefficient (Wildman–Crippen LogP) is 2.87. The number of hydrogen-bond donors (Lipinski definition) is 2. The fourth-order valence-corrected chi connectivity index (χ4v) is 1.76. The number of aromatic amines is 1. The van der Waals surface area contributed by atoms with Crippen LogP contribution in [0.15, 0.2) is 22.7 Å². The van der Waals surface area contributed by atoms with Gasteiger partial charge < -0.3 is 5.73 Å². The van der Waals surface area contributed by atoms with Crippen LogP contribution in [-0.2, 0) is 0 Å². The third-order valence-electron chi connectivity index (χ3n) is 2.16. The summed E-state index contributed by atoms with van der Waals surface area (Å²) in [5.41, 5.74) is 8.00. The molecule has 2 aromatic rings. The van der Waals surface area contributed by atoms with Crippen molar-refractivity contribution in [2.75, 3.05) is 5.73 Å². The van der Waals surface area contributed by atoms with Gasteiger partial charge in [0.25, 0.3) is 0 Å². The Bertz CT molecular complexity index is 507. The van der Waals surface area contributed by atoms with Gasteiger partial charge in [-0.25, -0.2) is 4.39 Å². The van der Waals surface area contributed by atoms with Gasteiger partial charge in [0.15, 0.2) is 0 Å². The van der Waals surface area contributed by atoms with E-state index in [1.807, 2.05) is 6.92 Å². The maximum Gasteiger partial charge on any atom is 0.145 e. The van der Waals surface area contributed by atoms with Gasteiger partial charge in [0.2, 0.25) is 0 Å². The lowest BCUT2D eigenvalue weighted by Gasteiger charge is -2.04. The van der Waals surface area contributed by atoms with Crippen LogP contribution in [0.1, 0.15) is 5.56 Å². The van der Waals surface area contributed by atoms with Gasteiger partial charge in [-0.05, 0) is 40.5 Å². The van der Waals surface area contributed by atoms with Gasteiger partial charge in [0.05, 0.1) is 10.2 Å². The lowest BCUT2D eigenvalue weighted by Crippen LogP contribution is -1.87. The summed E-state index contributed by atoms with van der Waals surface area (Å²) in [4.78, 5) is 0. The summed E-state index contributed by atoms with van der Waals surface area (Å²) in [5.74, 6) is 0.147. The molecular formula is C10H9BrFN3. The van der Waals surface area contributed by atoms with Crippen molar-refractivity contribution >= 4 is 21.7 Å². The third kappa shape index (κ3) is 1.87. The molecule has 0 unspecified atom stereocenters. The average Bonchev–Trinajstić information content (AvgIpc) is 2.58. The maximum atomic E-state index is 13.2. The number of aryl methyl sites for hydroxylation is 1. The summed E-state index contributed by atoms with van der Waals surface area (Å²) < 4.78 is 13.6. The molecule has 0 aliphatic rings. The fraction of sp³-hybridized carbons (Fsp3) is 0.100. The summed E-state index contributed by atoms with van der Waals surface area (Å²) in [5, 5.41) is 6.62. The molecule has 0 radical (unpaired) electrons. The van der Waals surface area contributed by atoms with Gasteiger partial charge in [-0.2, -0.15) is 5.10 Å². The molecule has 1 aromatic carbocycles. The van der Waals surface area contributed by atoms with Crippen molar-refractivity contribution in [3.05, 3.63) is 34.1 Å². The number of hydrogen-bond acceptors (Lipinski definition) is 2. The van der Waals surface area contributed by atoms with E-state index < -0.39 is 0 Å². The number of benzene rings is 1. The van der Waals surface area contributed by atoms with Gasteiger partial charge in [0, 0.05) is 11.6 Å². The van der Waals surface area contributed by atoms with E-state index in [2.05, 4.69) is 26.1 Å². The fourth-order valence-electron chi connectivity index (χ4n) is 1.41. The highest BCUT2D eigenvalue weighted by Crippen LogP contribution is 2.28. The number of aromatic nitrogens is 2. The third-order valence-corrected chi connectivity index (χ3v) is 2.76. The molecule has 3 N–H and O–H groups in total. The summed E-state index contributed by atoms with van der Waals surface area (Å²) in [6.45, 7) is 1.84. The second kappa shape index (κ2) is 3.66. The topological polar surface area (TPSA) is 54.7 Å². The average molecular weight is 270 g/mol. The SMILES string of the molecule is Cc1cc(F)c(Br)cc1-c1cc(N)n[nH]1. The quantitative estimate of drug-likeness (QED) is 0.837. The summed E-state index contributed by atoms with van der Waals surface area (Å²) in [6, 6.07) is 4.89. The number of nitrogen functional groups attached to an aromatic ring is 1. The number of halogens is 2. The van der Waals surface area contributed by atoms with E-state index in [1.54, 1.807) is 12.1 Å². The second-order valence-corrected chi connectivity index (χ2v) is 4.14. The Hall–Kier alpha value is -1.36. The summed E-state index contributed by atoms with van der Waals surface area (Å²) in [6.07, 6.45) is 0. The van der Waals surface area contributed by atoms with Crippen molar-refractivity contribution in [2.24, 2.45) is 0 Å². The predicted molar refractivity (Wildman–Crippen MR) is 60.8 cm³/mol. The highest BCUT2D eigenvalue weighted by molar-refractivity contribution is 9.10. The van der Waals surface area contributed by atoms with Crippen molar-refractivity contribution in [3.8, 4) is 11.3 Å². The Balaban J connectivity index is 2.58. The van der Waals surface area contributed by atoms with Gasteiger partial charge in [-0.15, -0.1) is 0 Å². The van der Waals surface area contributed by atoms with Gasteiger partial charge >= 0.3 is 0 Å². The molecule has 0 saturated carbocycles. The molecule has 2 rings (SSSR count). The Morgan fingerprint density at radius 1 is 1.40 bits per heavy atom. The van der Waals surface area contributed by atoms with Crippen LogP contribution in [0.5, 0.6) is 0 Å². The zero-order valence-corrected chi connectivity index (χ0v) is 9.60. The standard InChI is InChI=1S/C10H9BrFN3/c1-5-2-8(12)7(11)3-6(5)9-4-10(13)15-14-9/h2-4H,1H3,(H3,13,14,15). The van der Waals surface area contributed by atoms with Crippen molar-refractivity contribution in [2.45, 2.75) is 6.92 Å². The minimum Gasteiger partial charge on any atom is -0.382 e. The van der Waals surface area contributed by atoms with Crippen LogP contribution in [0.3, 0.4) is 0 Å². The summed E-state index contributed by atoms with van der Waals surface area (Å²) in [7, 11) is 0. The summed E-state index contributed by atoms with van der Waals surface area (Å²) >= 11 is 3.14. The zero-order chi connectivity index (χ0) is 11.0. The van der Waals surface area contributed by atoms with Gasteiger partial charge in [0.1, 0.15) is 11.6 Å². The van der Waals surface area contributed by atoms with Gasteiger partial charge in [-0.3, -0.25) is 5.10 Å². The molecule has 0 saturated heterocycles. The van der Waals surface area contributed by atoms with E-state index in [0.29, 0.717) is 10.3 Å². The van der Waals surface area contributed by atoms with Gasteiger partial charge in [-0.1, -0.05) is 0 Å². The molecule has 0 atom stereocenters. The molecule has 1 aromatic heterocycles. The Morgan fingerprint density at radius 3 is 2.73 bits per heavy atom. The lowest BCUT2D eigenvalue weighted by atomic mass is 10.1. The molecule has 0 aliphatic carbocycles. The van der Waals surface area contributed by atoms with Crippen LogP contribution in [0.25, 0.3) is 11.3 Å². The van der Waals surface area contributed by atoms with Crippen LogP contribution in [0.2, 0.25) is 0 Å². The lowest BCUT2D eigenvalue weighted by molar-refractivity contribution is 0.620. The van der Waals surface area contributed by atoms with Crippen molar-refractivity contribution in [1.82, 2.24) is 10.2 Å². The van der Waals surface area contributed by atoms with Crippen LogP contribution >= 0.6 is 15.9 Å². The Labute approximate surface area is 94.6 Å². The first kappa shape index (κ1) is 10.2. The molecule has 78 valence electrons. The smallest absolute Gasteiger partial charge is 0.145 e. The highest BCUT2D eigenvalue weighted by Gasteiger charge is 2.08. The monoisotopic (exact) mass is 269 g/mol. The first-order valence-electron chi connectivity index (χ1n) is 4.35. The van der Waals surface area contributed by atoms with Crippen LogP contribution in [0.4, 0.5) is 10.2 Å². The molecule has 15 heavy (non-hydrogen) atoms. The molecule has 0 amide bonds. The molecule has 3 nitrogen and oxygen atoms in total. The van der Waals surface area contributed by atoms with Crippen molar-refractivity contribution in [1.29, 1.82) is 0 Å². The van der Waals surface area contributed by atoms with E-state index in [0.717, 1.165) is 16.8 Å². The minimum absolute atomic E-state index is 0.274. The van der Waals surface area contributed by atoms with Crippen molar-refractivity contribution in [3.63, 3.8) is 0 Å². The highest BCUT2D eigenvalue weighted by atomic mass is 79.9. The van der Waals surface area contributed by atoms with Crippen LogP contribution in [-0.4, -0.2) is 10.2 Å². The largest absolute Gasteiger partial charge is 0.382 e. The second-order valence-electron chi connectivity index (χ2n) is 3.29. The number of rotatable bonds is 1. The molecule has 5 heteroatoms.